The van der Waals surface area contributed by atoms with Gasteiger partial charge in [0.1, 0.15) is 0 Å². The molecule has 1 atom stereocenters. The maximum atomic E-state index is 11.2. The summed E-state index contributed by atoms with van der Waals surface area (Å²) in [7, 11) is 0. The summed E-state index contributed by atoms with van der Waals surface area (Å²) >= 11 is 0. The summed E-state index contributed by atoms with van der Waals surface area (Å²) in [6.07, 6.45) is 0.0157. The van der Waals surface area contributed by atoms with Crippen LogP contribution in [-0.2, 0) is 14.4 Å². The van der Waals surface area contributed by atoms with Crippen LogP contribution in [0.15, 0.2) is 0 Å². The largest absolute Gasteiger partial charge is 0.370 e. The average molecular weight is 185 g/mol. The molecule has 0 aromatic heterocycles. The molecule has 1 unspecified atom stereocenters. The van der Waals surface area contributed by atoms with Crippen LogP contribution in [0.5, 0.6) is 0 Å². The molecule has 1 heterocycles. The predicted molar refractivity (Wildman–Crippen MR) is 43.1 cm³/mol. The molecule has 0 aromatic carbocycles. The molecule has 4 N–H and O–H groups in total. The zero-order valence-corrected chi connectivity index (χ0v) is 7.03. The number of likely N-dealkylation sites (tertiary alicyclic amines) is 1. The Bertz CT molecular complexity index is 264. The fourth-order valence-corrected chi connectivity index (χ4v) is 1.17. The third-order valence-corrected chi connectivity index (χ3v) is 1.86. The molecule has 3 amide bonds. The van der Waals surface area contributed by atoms with Crippen LogP contribution in [0.25, 0.3) is 0 Å². The first-order valence-electron chi connectivity index (χ1n) is 3.90. The van der Waals surface area contributed by atoms with E-state index in [2.05, 4.69) is 0 Å². The molecule has 0 spiro atoms. The Morgan fingerprint density at radius 3 is 2.54 bits per heavy atom. The van der Waals surface area contributed by atoms with Crippen molar-refractivity contribution in [1.29, 1.82) is 0 Å². The number of primary amides is 1. The number of hydrogen-bond acceptors (Lipinski definition) is 4. The third-order valence-electron chi connectivity index (χ3n) is 1.86. The summed E-state index contributed by atoms with van der Waals surface area (Å²) in [5.74, 6) is -1.30. The molecule has 6 nitrogen and oxygen atoms in total. The number of imide groups is 1. The second kappa shape index (κ2) is 3.53. The van der Waals surface area contributed by atoms with Gasteiger partial charge in [0.05, 0.1) is 12.5 Å². The van der Waals surface area contributed by atoms with Crippen molar-refractivity contribution in [3.05, 3.63) is 0 Å². The summed E-state index contributed by atoms with van der Waals surface area (Å²) < 4.78 is 0. The molecule has 1 saturated heterocycles. The molecule has 0 bridgehead atoms. The maximum absolute atomic E-state index is 11.2. The second-order valence-electron chi connectivity index (χ2n) is 2.91. The molecule has 6 heteroatoms. The van der Waals surface area contributed by atoms with E-state index in [4.69, 9.17) is 11.5 Å². The number of carbonyl (C=O) groups excluding carboxylic acids is 3. The first-order valence-corrected chi connectivity index (χ1v) is 3.90. The van der Waals surface area contributed by atoms with Gasteiger partial charge in [0.2, 0.25) is 17.7 Å². The van der Waals surface area contributed by atoms with Crippen molar-refractivity contribution in [3.63, 3.8) is 0 Å². The normalized spacial score (nSPS) is 22.5. The first kappa shape index (κ1) is 9.66. The Labute approximate surface area is 74.8 Å². The molecule has 0 radical (unpaired) electrons. The number of nitrogens with two attached hydrogens (primary N) is 2. The Balaban J connectivity index is 2.54. The lowest BCUT2D eigenvalue weighted by molar-refractivity contribution is -0.138. The summed E-state index contributed by atoms with van der Waals surface area (Å²) in [5, 5.41) is 0. The van der Waals surface area contributed by atoms with Gasteiger partial charge in [-0.25, -0.2) is 0 Å². The summed E-state index contributed by atoms with van der Waals surface area (Å²) in [6, 6.07) is -0.750. The number of amides is 3. The lowest BCUT2D eigenvalue weighted by Gasteiger charge is -2.12. The minimum Gasteiger partial charge on any atom is -0.370 e. The van der Waals surface area contributed by atoms with Crippen molar-refractivity contribution in [2.24, 2.45) is 11.5 Å². The quantitative estimate of drug-likeness (QED) is 0.493. The van der Waals surface area contributed by atoms with Crippen LogP contribution in [0.4, 0.5) is 0 Å². The average Bonchev–Trinajstić information content (AvgIpc) is 2.24. The molecule has 1 rings (SSSR count). The van der Waals surface area contributed by atoms with Gasteiger partial charge in [0.15, 0.2) is 0 Å². The van der Waals surface area contributed by atoms with E-state index in [0.717, 1.165) is 4.90 Å². The molecule has 0 aliphatic carbocycles. The van der Waals surface area contributed by atoms with Crippen LogP contribution < -0.4 is 11.5 Å². The summed E-state index contributed by atoms with van der Waals surface area (Å²) in [5.41, 5.74) is 10.2. The first-order chi connectivity index (χ1) is 6.02. The van der Waals surface area contributed by atoms with Crippen LogP contribution in [-0.4, -0.2) is 35.2 Å². The van der Waals surface area contributed by atoms with E-state index in [1.807, 2.05) is 0 Å². The van der Waals surface area contributed by atoms with Crippen LogP contribution >= 0.6 is 0 Å². The molecule has 13 heavy (non-hydrogen) atoms. The molecular weight excluding hydrogens is 174 g/mol. The third kappa shape index (κ3) is 2.03. The Kier molecular flexibility index (Phi) is 2.62. The van der Waals surface area contributed by atoms with Crippen molar-refractivity contribution < 1.29 is 14.4 Å². The van der Waals surface area contributed by atoms with E-state index in [1.165, 1.54) is 0 Å². The van der Waals surface area contributed by atoms with Gasteiger partial charge in [-0.15, -0.1) is 0 Å². The predicted octanol–water partition coefficient (Wildman–Crippen LogP) is -2.05. The van der Waals surface area contributed by atoms with Crippen LogP contribution in [0.3, 0.4) is 0 Å². The molecular formula is C7H11N3O3. The van der Waals surface area contributed by atoms with E-state index in [-0.39, 0.29) is 25.3 Å². The highest BCUT2D eigenvalue weighted by molar-refractivity contribution is 6.05. The van der Waals surface area contributed by atoms with Gasteiger partial charge in [-0.1, -0.05) is 0 Å². The van der Waals surface area contributed by atoms with E-state index in [1.54, 1.807) is 0 Å². The van der Waals surface area contributed by atoms with Crippen molar-refractivity contribution in [3.8, 4) is 0 Å². The van der Waals surface area contributed by atoms with Crippen molar-refractivity contribution in [1.82, 2.24) is 4.90 Å². The standard InChI is InChI=1S/C7H11N3O3/c8-4-3-6(12)10(7(4)13)2-1-5(9)11/h4H,1-3,8H2,(H2,9,11). The van der Waals surface area contributed by atoms with Crippen molar-refractivity contribution in [2.75, 3.05) is 6.54 Å². The van der Waals surface area contributed by atoms with Gasteiger partial charge in [0, 0.05) is 13.0 Å². The lowest BCUT2D eigenvalue weighted by Crippen LogP contribution is -2.37. The van der Waals surface area contributed by atoms with E-state index < -0.39 is 17.9 Å². The van der Waals surface area contributed by atoms with Crippen LogP contribution in [0, 0.1) is 0 Å². The molecule has 1 aliphatic heterocycles. The Hall–Kier alpha value is -1.43. The molecule has 72 valence electrons. The number of nitrogens with zero attached hydrogens (tertiary/aromatic N) is 1. The number of rotatable bonds is 3. The lowest BCUT2D eigenvalue weighted by atomic mass is 10.3. The van der Waals surface area contributed by atoms with Gasteiger partial charge >= 0.3 is 0 Å². The number of carbonyl (C=O) groups is 3. The SMILES string of the molecule is NC(=O)CCN1C(=O)CC(N)C1=O. The van der Waals surface area contributed by atoms with Crippen LogP contribution in [0.1, 0.15) is 12.8 Å². The monoisotopic (exact) mass is 185 g/mol. The fourth-order valence-electron chi connectivity index (χ4n) is 1.17. The van der Waals surface area contributed by atoms with Gasteiger partial charge in [-0.2, -0.15) is 0 Å². The summed E-state index contributed by atoms with van der Waals surface area (Å²) in [4.78, 5) is 33.6. The highest BCUT2D eigenvalue weighted by Gasteiger charge is 2.35. The molecule has 0 aromatic rings. The smallest absolute Gasteiger partial charge is 0.246 e. The maximum Gasteiger partial charge on any atom is 0.246 e. The highest BCUT2D eigenvalue weighted by Crippen LogP contribution is 2.10. The van der Waals surface area contributed by atoms with E-state index in [0.29, 0.717) is 0 Å². The minimum absolute atomic E-state index is 0.00972. The zero-order chi connectivity index (χ0) is 10.0. The van der Waals surface area contributed by atoms with Gasteiger partial charge in [0.25, 0.3) is 0 Å². The van der Waals surface area contributed by atoms with Crippen LogP contribution in [0.2, 0.25) is 0 Å². The summed E-state index contributed by atoms with van der Waals surface area (Å²) in [6.45, 7) is 0.0424. The van der Waals surface area contributed by atoms with E-state index >= 15 is 0 Å². The topological polar surface area (TPSA) is 106 Å². The minimum atomic E-state index is -0.750. The van der Waals surface area contributed by atoms with Gasteiger partial charge < -0.3 is 11.5 Å². The Morgan fingerprint density at radius 2 is 2.15 bits per heavy atom. The molecule has 1 fully saturated rings. The Morgan fingerprint density at radius 1 is 1.54 bits per heavy atom. The van der Waals surface area contributed by atoms with Gasteiger partial charge in [-0.3, -0.25) is 19.3 Å². The van der Waals surface area contributed by atoms with E-state index in [9.17, 15) is 14.4 Å². The molecule has 0 saturated carbocycles. The van der Waals surface area contributed by atoms with Crippen molar-refractivity contribution in [2.45, 2.75) is 18.9 Å². The second-order valence-corrected chi connectivity index (χ2v) is 2.91. The van der Waals surface area contributed by atoms with Crippen molar-refractivity contribution >= 4 is 17.7 Å². The number of hydrogen-bond donors (Lipinski definition) is 2. The highest BCUT2D eigenvalue weighted by atomic mass is 16.2. The zero-order valence-electron chi connectivity index (χ0n) is 7.03. The van der Waals surface area contributed by atoms with Gasteiger partial charge in [-0.05, 0) is 0 Å². The molecule has 1 aliphatic rings. The fraction of sp³-hybridized carbons (Fsp3) is 0.571.